The van der Waals surface area contributed by atoms with Gasteiger partial charge in [-0.25, -0.2) is 13.1 Å². The lowest BCUT2D eigenvalue weighted by atomic mass is 10.0. The van der Waals surface area contributed by atoms with Gasteiger partial charge in [0.05, 0.1) is 17.9 Å². The van der Waals surface area contributed by atoms with E-state index in [0.29, 0.717) is 0 Å². The Bertz CT molecular complexity index is 481. The highest BCUT2D eigenvalue weighted by Gasteiger charge is 2.29. The highest BCUT2D eigenvalue weighted by molar-refractivity contribution is 7.90. The summed E-state index contributed by atoms with van der Waals surface area (Å²) in [4.78, 5) is 0. The van der Waals surface area contributed by atoms with Gasteiger partial charge in [-0.1, -0.05) is 49.6 Å². The summed E-state index contributed by atoms with van der Waals surface area (Å²) in [6.07, 6.45) is 4.51. The second kappa shape index (κ2) is 6.50. The van der Waals surface area contributed by atoms with Crippen molar-refractivity contribution in [1.82, 2.24) is 4.72 Å². The molecule has 1 aliphatic carbocycles. The average Bonchev–Trinajstić information content (AvgIpc) is 2.47. The maximum atomic E-state index is 12.3. The number of benzene rings is 1. The quantitative estimate of drug-likeness (QED) is 0.868. The Morgan fingerprint density at radius 1 is 1.16 bits per heavy atom. The summed E-state index contributed by atoms with van der Waals surface area (Å²) in [5, 5.41) is 9.11. The third-order valence-corrected chi connectivity index (χ3v) is 5.64. The van der Waals surface area contributed by atoms with Gasteiger partial charge in [-0.15, -0.1) is 0 Å². The van der Waals surface area contributed by atoms with Gasteiger partial charge in [0.25, 0.3) is 0 Å². The van der Waals surface area contributed by atoms with Gasteiger partial charge in [0, 0.05) is 0 Å². The molecule has 0 spiro atoms. The predicted octanol–water partition coefficient (Wildman–Crippen LogP) is 1.97. The molecule has 19 heavy (non-hydrogen) atoms. The Morgan fingerprint density at radius 3 is 2.37 bits per heavy atom. The number of nitrogens with one attached hydrogen (secondary N) is 1. The molecule has 2 N–H and O–H groups in total. The highest BCUT2D eigenvalue weighted by Crippen LogP contribution is 2.24. The van der Waals surface area contributed by atoms with Crippen LogP contribution in [-0.2, 0) is 10.0 Å². The van der Waals surface area contributed by atoms with Crippen LogP contribution in [0.15, 0.2) is 30.3 Å². The second-order valence-corrected chi connectivity index (χ2v) is 7.06. The molecule has 1 aromatic carbocycles. The summed E-state index contributed by atoms with van der Waals surface area (Å²) in [5.74, 6) is 0. The van der Waals surface area contributed by atoms with E-state index in [1.165, 1.54) is 0 Å². The molecular weight excluding hydrogens is 262 g/mol. The Labute approximate surface area is 114 Å². The van der Waals surface area contributed by atoms with E-state index in [1.54, 1.807) is 0 Å². The third kappa shape index (κ3) is 3.78. The summed E-state index contributed by atoms with van der Waals surface area (Å²) in [5.41, 5.74) is 0.796. The number of hydrogen-bond acceptors (Lipinski definition) is 3. The minimum Gasteiger partial charge on any atom is -0.394 e. The minimum absolute atomic E-state index is 0.226. The van der Waals surface area contributed by atoms with Crippen LogP contribution in [0, 0.1) is 0 Å². The number of hydrogen-bond donors (Lipinski definition) is 2. The molecule has 106 valence electrons. The molecule has 1 aliphatic rings. The SMILES string of the molecule is O=S(=O)(N[C@H](CO)c1ccccc1)C1CCCCC1. The fourth-order valence-electron chi connectivity index (χ4n) is 2.57. The van der Waals surface area contributed by atoms with E-state index in [1.807, 2.05) is 30.3 Å². The number of aliphatic hydroxyl groups excluding tert-OH is 1. The third-order valence-electron chi connectivity index (χ3n) is 3.68. The standard InChI is InChI=1S/C14H21NO3S/c16-11-14(12-7-3-1-4-8-12)15-19(17,18)13-9-5-2-6-10-13/h1,3-4,7-8,13-16H,2,5-6,9-11H2/t14-/m1/s1. The van der Waals surface area contributed by atoms with Gasteiger partial charge >= 0.3 is 0 Å². The molecule has 1 aromatic rings. The zero-order valence-corrected chi connectivity index (χ0v) is 11.8. The lowest BCUT2D eigenvalue weighted by molar-refractivity contribution is 0.258. The maximum Gasteiger partial charge on any atom is 0.215 e. The summed E-state index contributed by atoms with van der Waals surface area (Å²) in [7, 11) is -3.35. The van der Waals surface area contributed by atoms with Gasteiger partial charge in [0.2, 0.25) is 10.0 Å². The van der Waals surface area contributed by atoms with Gasteiger partial charge < -0.3 is 5.11 Å². The Balaban J connectivity index is 2.09. The molecule has 1 atom stereocenters. The highest BCUT2D eigenvalue weighted by atomic mass is 32.2. The maximum absolute atomic E-state index is 12.3. The van der Waals surface area contributed by atoms with Crippen LogP contribution in [0.2, 0.25) is 0 Å². The first-order valence-electron chi connectivity index (χ1n) is 6.80. The Kier molecular flexibility index (Phi) is 4.96. The largest absolute Gasteiger partial charge is 0.394 e. The van der Waals surface area contributed by atoms with E-state index in [-0.39, 0.29) is 11.9 Å². The first-order chi connectivity index (χ1) is 9.13. The smallest absolute Gasteiger partial charge is 0.215 e. The molecule has 1 fully saturated rings. The summed E-state index contributed by atoms with van der Waals surface area (Å²) in [6.45, 7) is -0.226. The zero-order valence-electron chi connectivity index (χ0n) is 11.0. The fraction of sp³-hybridized carbons (Fsp3) is 0.571. The van der Waals surface area contributed by atoms with Crippen LogP contribution in [0.3, 0.4) is 0 Å². The lowest BCUT2D eigenvalue weighted by Crippen LogP contribution is -2.39. The molecule has 0 radical (unpaired) electrons. The molecule has 0 amide bonds. The number of aliphatic hydroxyl groups is 1. The van der Waals surface area contributed by atoms with Gasteiger partial charge in [0.1, 0.15) is 0 Å². The molecule has 4 nitrogen and oxygen atoms in total. The van der Waals surface area contributed by atoms with Crippen molar-refractivity contribution < 1.29 is 13.5 Å². The predicted molar refractivity (Wildman–Crippen MR) is 75.2 cm³/mol. The van der Waals surface area contributed by atoms with Crippen LogP contribution in [-0.4, -0.2) is 25.4 Å². The number of sulfonamides is 1. The summed E-state index contributed by atoms with van der Waals surface area (Å²) >= 11 is 0. The molecule has 2 rings (SSSR count). The van der Waals surface area contributed by atoms with Crippen molar-refractivity contribution in [2.75, 3.05) is 6.61 Å². The average molecular weight is 283 g/mol. The van der Waals surface area contributed by atoms with Crippen molar-refractivity contribution in [3.8, 4) is 0 Å². The van der Waals surface area contributed by atoms with Gasteiger partial charge in [0.15, 0.2) is 0 Å². The van der Waals surface area contributed by atoms with Crippen molar-refractivity contribution >= 4 is 10.0 Å². The number of rotatable bonds is 5. The second-order valence-electron chi connectivity index (χ2n) is 5.07. The van der Waals surface area contributed by atoms with Gasteiger partial charge in [-0.3, -0.25) is 0 Å². The zero-order chi connectivity index (χ0) is 13.7. The van der Waals surface area contributed by atoms with Gasteiger partial charge in [-0.05, 0) is 18.4 Å². The molecule has 1 saturated carbocycles. The molecule has 0 unspecified atom stereocenters. The van der Waals surface area contributed by atoms with Crippen LogP contribution < -0.4 is 4.72 Å². The van der Waals surface area contributed by atoms with E-state index in [9.17, 15) is 13.5 Å². The molecule has 0 heterocycles. The molecule has 0 aromatic heterocycles. The summed E-state index contributed by atoms with van der Waals surface area (Å²) in [6, 6.07) is 8.65. The van der Waals surface area contributed by atoms with E-state index in [0.717, 1.165) is 37.7 Å². The van der Waals surface area contributed by atoms with Crippen molar-refractivity contribution in [3.63, 3.8) is 0 Å². The van der Waals surface area contributed by atoms with E-state index < -0.39 is 16.1 Å². The summed E-state index contributed by atoms with van der Waals surface area (Å²) < 4.78 is 27.3. The van der Waals surface area contributed by atoms with Crippen LogP contribution in [0.25, 0.3) is 0 Å². The molecule has 0 saturated heterocycles. The monoisotopic (exact) mass is 283 g/mol. The van der Waals surface area contributed by atoms with Crippen LogP contribution >= 0.6 is 0 Å². The topological polar surface area (TPSA) is 66.4 Å². The first kappa shape index (κ1) is 14.5. The van der Waals surface area contributed by atoms with E-state index >= 15 is 0 Å². The van der Waals surface area contributed by atoms with Crippen molar-refractivity contribution in [2.24, 2.45) is 0 Å². The van der Waals surface area contributed by atoms with Crippen molar-refractivity contribution in [2.45, 2.75) is 43.4 Å². The first-order valence-corrected chi connectivity index (χ1v) is 8.35. The molecule has 0 aliphatic heterocycles. The van der Waals surface area contributed by atoms with E-state index in [4.69, 9.17) is 0 Å². The van der Waals surface area contributed by atoms with Crippen LogP contribution in [0.5, 0.6) is 0 Å². The minimum atomic E-state index is -3.35. The van der Waals surface area contributed by atoms with E-state index in [2.05, 4.69) is 4.72 Å². The van der Waals surface area contributed by atoms with Crippen LogP contribution in [0.4, 0.5) is 0 Å². The normalized spacial score (nSPS) is 19.2. The molecular formula is C14H21NO3S. The van der Waals surface area contributed by atoms with Crippen molar-refractivity contribution in [1.29, 1.82) is 0 Å². The lowest BCUT2D eigenvalue weighted by Gasteiger charge is -2.25. The Morgan fingerprint density at radius 2 is 1.79 bits per heavy atom. The molecule has 5 heteroatoms. The molecule has 0 bridgehead atoms. The van der Waals surface area contributed by atoms with Crippen LogP contribution in [0.1, 0.15) is 43.7 Å². The van der Waals surface area contributed by atoms with Gasteiger partial charge in [-0.2, -0.15) is 0 Å². The fourth-order valence-corrected chi connectivity index (χ4v) is 4.32. The Hall–Kier alpha value is -0.910. The van der Waals surface area contributed by atoms with Crippen molar-refractivity contribution in [3.05, 3.63) is 35.9 Å².